The van der Waals surface area contributed by atoms with E-state index in [1.165, 1.54) is 16.9 Å². The minimum atomic E-state index is -0.341. The van der Waals surface area contributed by atoms with Gasteiger partial charge in [-0.25, -0.2) is 9.82 Å². The summed E-state index contributed by atoms with van der Waals surface area (Å²) >= 11 is 0. The fourth-order valence-electron chi connectivity index (χ4n) is 2.04. The summed E-state index contributed by atoms with van der Waals surface area (Å²) in [7, 11) is 0. The van der Waals surface area contributed by atoms with Crippen LogP contribution in [0.15, 0.2) is 53.6 Å². The van der Waals surface area contributed by atoms with Gasteiger partial charge in [-0.05, 0) is 36.8 Å². The highest BCUT2D eigenvalue weighted by Gasteiger charge is 2.07. The molecule has 1 amide bonds. The smallest absolute Gasteiger partial charge is 0.263 e. The van der Waals surface area contributed by atoms with E-state index in [0.29, 0.717) is 5.71 Å². The van der Waals surface area contributed by atoms with E-state index in [-0.39, 0.29) is 18.3 Å². The third-order valence-electron chi connectivity index (χ3n) is 3.22. The van der Waals surface area contributed by atoms with E-state index in [1.54, 1.807) is 19.1 Å². The Morgan fingerprint density at radius 2 is 1.74 bits per heavy atom. The Hall–Kier alpha value is -3.09. The van der Waals surface area contributed by atoms with E-state index >= 15 is 0 Å². The molecule has 0 unspecified atom stereocenters. The largest absolute Gasteiger partial charge is 0.271 e. The number of carbonyl (C=O) groups is 1. The van der Waals surface area contributed by atoms with E-state index in [4.69, 9.17) is 0 Å². The third-order valence-corrected chi connectivity index (χ3v) is 3.22. The second-order valence-electron chi connectivity index (χ2n) is 4.96. The lowest BCUT2D eigenvalue weighted by Gasteiger charge is -2.02. The summed E-state index contributed by atoms with van der Waals surface area (Å²) < 4.78 is 12.9. The minimum absolute atomic E-state index is 0.0329. The molecule has 0 saturated carbocycles. The van der Waals surface area contributed by atoms with Crippen LogP contribution in [0.25, 0.3) is 11.0 Å². The summed E-state index contributed by atoms with van der Waals surface area (Å²) in [6, 6.07) is 13.3. The van der Waals surface area contributed by atoms with Gasteiger partial charge in [0.25, 0.3) is 5.91 Å². The van der Waals surface area contributed by atoms with Crippen LogP contribution in [-0.4, -0.2) is 26.6 Å². The van der Waals surface area contributed by atoms with E-state index in [9.17, 15) is 9.18 Å². The number of amides is 1. The van der Waals surface area contributed by atoms with Gasteiger partial charge >= 0.3 is 0 Å². The Bertz CT molecular complexity index is 837. The second-order valence-corrected chi connectivity index (χ2v) is 4.96. The van der Waals surface area contributed by atoms with Crippen LogP contribution in [0.1, 0.15) is 12.5 Å². The van der Waals surface area contributed by atoms with Crippen molar-refractivity contribution in [3.63, 3.8) is 0 Å². The van der Waals surface area contributed by atoms with Gasteiger partial charge in [-0.15, -0.1) is 0 Å². The molecule has 7 heteroatoms. The molecular formula is C16H14FN5O. The molecule has 6 nitrogen and oxygen atoms in total. The zero-order valence-corrected chi connectivity index (χ0v) is 12.4. The zero-order chi connectivity index (χ0) is 16.2. The molecule has 0 aliphatic rings. The summed E-state index contributed by atoms with van der Waals surface area (Å²) in [6.07, 6.45) is 0. The molecule has 23 heavy (non-hydrogen) atoms. The van der Waals surface area contributed by atoms with Crippen molar-refractivity contribution in [3.8, 4) is 0 Å². The van der Waals surface area contributed by atoms with Gasteiger partial charge in [0.2, 0.25) is 0 Å². The zero-order valence-electron chi connectivity index (χ0n) is 12.4. The van der Waals surface area contributed by atoms with Crippen molar-refractivity contribution in [3.05, 3.63) is 59.9 Å². The maximum atomic E-state index is 12.9. The first kappa shape index (κ1) is 14.8. The van der Waals surface area contributed by atoms with Crippen LogP contribution in [0.2, 0.25) is 0 Å². The number of nitrogens with zero attached hydrogens (tertiary/aromatic N) is 4. The molecule has 1 aromatic heterocycles. The van der Waals surface area contributed by atoms with Crippen molar-refractivity contribution in [2.75, 3.05) is 0 Å². The molecule has 116 valence electrons. The first-order valence-electron chi connectivity index (χ1n) is 7.01. The molecule has 1 N–H and O–H groups in total. The Labute approximate surface area is 131 Å². The van der Waals surface area contributed by atoms with E-state index < -0.39 is 0 Å². The number of benzene rings is 2. The minimum Gasteiger partial charge on any atom is -0.271 e. The summed E-state index contributed by atoms with van der Waals surface area (Å²) in [5.41, 5.74) is 5.21. The van der Waals surface area contributed by atoms with Gasteiger partial charge in [0.05, 0.1) is 5.71 Å². The molecule has 3 rings (SSSR count). The molecule has 2 aromatic carbocycles. The number of aromatic nitrogens is 3. The number of fused-ring (bicyclic) bond motifs is 1. The van der Waals surface area contributed by atoms with Crippen LogP contribution in [0, 0.1) is 5.82 Å². The van der Waals surface area contributed by atoms with Crippen molar-refractivity contribution in [1.29, 1.82) is 0 Å². The van der Waals surface area contributed by atoms with Crippen LogP contribution in [0.5, 0.6) is 0 Å². The van der Waals surface area contributed by atoms with E-state index in [2.05, 4.69) is 20.7 Å². The topological polar surface area (TPSA) is 72.2 Å². The van der Waals surface area contributed by atoms with Crippen molar-refractivity contribution in [2.24, 2.45) is 5.10 Å². The van der Waals surface area contributed by atoms with Crippen LogP contribution >= 0.6 is 0 Å². The Morgan fingerprint density at radius 3 is 2.35 bits per heavy atom. The van der Waals surface area contributed by atoms with Crippen LogP contribution in [-0.2, 0) is 11.3 Å². The second kappa shape index (κ2) is 6.35. The molecule has 0 aliphatic carbocycles. The van der Waals surface area contributed by atoms with Gasteiger partial charge in [-0.1, -0.05) is 24.3 Å². The Balaban J connectivity index is 1.64. The molecule has 0 bridgehead atoms. The maximum absolute atomic E-state index is 12.9. The van der Waals surface area contributed by atoms with Crippen LogP contribution in [0.3, 0.4) is 0 Å². The predicted octanol–water partition coefficient (Wildman–Crippen LogP) is 2.11. The van der Waals surface area contributed by atoms with Gasteiger partial charge in [0.1, 0.15) is 23.4 Å². The first-order chi connectivity index (χ1) is 11.1. The van der Waals surface area contributed by atoms with Crippen molar-refractivity contribution >= 4 is 22.7 Å². The van der Waals surface area contributed by atoms with Crippen molar-refractivity contribution in [2.45, 2.75) is 13.5 Å². The predicted molar refractivity (Wildman–Crippen MR) is 84.3 cm³/mol. The fraction of sp³-hybridized carbons (Fsp3) is 0.125. The molecule has 0 spiro atoms. The number of nitrogens with one attached hydrogen (secondary N) is 1. The molecule has 0 saturated heterocycles. The van der Waals surface area contributed by atoms with Crippen LogP contribution < -0.4 is 5.43 Å². The molecule has 0 atom stereocenters. The number of hydrogen-bond donors (Lipinski definition) is 1. The van der Waals surface area contributed by atoms with Crippen molar-refractivity contribution < 1.29 is 9.18 Å². The lowest BCUT2D eigenvalue weighted by atomic mass is 10.1. The Morgan fingerprint density at radius 1 is 1.13 bits per heavy atom. The molecule has 3 aromatic rings. The standard InChI is InChI=1S/C16H14FN5O/c1-11(12-6-8-13(17)9-7-12)18-19-16(23)10-22-20-14-4-2-3-5-15(14)21-22/h2-9H,10H2,1H3,(H,19,23)/b18-11-. The number of hydrazone groups is 1. The number of hydrogen-bond acceptors (Lipinski definition) is 4. The van der Waals surface area contributed by atoms with Gasteiger partial charge in [0, 0.05) is 0 Å². The number of rotatable bonds is 4. The molecule has 0 aliphatic heterocycles. The normalized spacial score (nSPS) is 11.7. The molecule has 1 heterocycles. The summed E-state index contributed by atoms with van der Waals surface area (Å²) in [5, 5.41) is 12.4. The highest BCUT2D eigenvalue weighted by atomic mass is 19.1. The summed E-state index contributed by atoms with van der Waals surface area (Å²) in [5.74, 6) is -0.658. The number of halogens is 1. The van der Waals surface area contributed by atoms with E-state index in [1.807, 2.05) is 24.3 Å². The monoisotopic (exact) mass is 311 g/mol. The average Bonchev–Trinajstić information content (AvgIpc) is 2.95. The van der Waals surface area contributed by atoms with Gasteiger partial charge in [-0.3, -0.25) is 4.79 Å². The third kappa shape index (κ3) is 3.57. The highest BCUT2D eigenvalue weighted by Crippen LogP contribution is 2.07. The Kier molecular flexibility index (Phi) is 4.09. The molecule has 0 radical (unpaired) electrons. The molecule has 0 fully saturated rings. The van der Waals surface area contributed by atoms with E-state index in [0.717, 1.165) is 16.6 Å². The van der Waals surface area contributed by atoms with Crippen LogP contribution in [0.4, 0.5) is 4.39 Å². The lowest BCUT2D eigenvalue weighted by molar-refractivity contribution is -0.122. The van der Waals surface area contributed by atoms with Gasteiger partial charge in [0.15, 0.2) is 0 Å². The lowest BCUT2D eigenvalue weighted by Crippen LogP contribution is -2.25. The maximum Gasteiger partial charge on any atom is 0.263 e. The van der Waals surface area contributed by atoms with Crippen molar-refractivity contribution in [1.82, 2.24) is 20.4 Å². The SMILES string of the molecule is C/C(=N/NC(=O)Cn1nc2ccccc2n1)c1ccc(F)cc1. The summed E-state index contributed by atoms with van der Waals surface area (Å²) in [6.45, 7) is 1.70. The van der Waals surface area contributed by atoms with Gasteiger partial charge in [-0.2, -0.15) is 20.1 Å². The quantitative estimate of drug-likeness (QED) is 0.592. The summed E-state index contributed by atoms with van der Waals surface area (Å²) in [4.78, 5) is 13.2. The molecular weight excluding hydrogens is 297 g/mol. The first-order valence-corrected chi connectivity index (χ1v) is 7.01. The number of carbonyl (C=O) groups excluding carboxylic acids is 1. The highest BCUT2D eigenvalue weighted by molar-refractivity contribution is 5.99. The fourth-order valence-corrected chi connectivity index (χ4v) is 2.04. The van der Waals surface area contributed by atoms with Gasteiger partial charge < -0.3 is 0 Å². The average molecular weight is 311 g/mol.